The monoisotopic (exact) mass is 282 g/mol. The second-order valence-electron chi connectivity index (χ2n) is 5.68. The van der Waals surface area contributed by atoms with Gasteiger partial charge in [0.25, 0.3) is 0 Å². The summed E-state index contributed by atoms with van der Waals surface area (Å²) in [5.41, 5.74) is 5.27. The zero-order chi connectivity index (χ0) is 15.1. The molecule has 0 radical (unpaired) electrons. The molecular formula is C19H26N2. The lowest BCUT2D eigenvalue weighted by Gasteiger charge is -2.19. The average Bonchev–Trinajstić information content (AvgIpc) is 2.52. The maximum Gasteiger partial charge on any atom is 0.0376 e. The van der Waals surface area contributed by atoms with Crippen LogP contribution in [0.15, 0.2) is 42.7 Å². The van der Waals surface area contributed by atoms with Gasteiger partial charge >= 0.3 is 0 Å². The molecule has 0 saturated heterocycles. The maximum absolute atomic E-state index is 4.34. The number of hydrogen-bond acceptors (Lipinski definition) is 2. The van der Waals surface area contributed by atoms with E-state index in [1.54, 1.807) is 0 Å². The van der Waals surface area contributed by atoms with Gasteiger partial charge in [0.2, 0.25) is 0 Å². The molecule has 1 aromatic heterocycles. The van der Waals surface area contributed by atoms with Crippen molar-refractivity contribution in [3.8, 4) is 0 Å². The molecule has 112 valence electrons. The second-order valence-corrected chi connectivity index (χ2v) is 5.68. The number of aryl methyl sites for hydroxylation is 2. The van der Waals surface area contributed by atoms with Crippen molar-refractivity contribution < 1.29 is 0 Å². The lowest BCUT2D eigenvalue weighted by atomic mass is 9.98. The third-order valence-corrected chi connectivity index (χ3v) is 3.81. The summed E-state index contributed by atoms with van der Waals surface area (Å²) < 4.78 is 0. The average molecular weight is 282 g/mol. The van der Waals surface area contributed by atoms with E-state index in [9.17, 15) is 0 Å². The van der Waals surface area contributed by atoms with Gasteiger partial charge in [-0.15, -0.1) is 0 Å². The van der Waals surface area contributed by atoms with Gasteiger partial charge in [-0.3, -0.25) is 4.98 Å². The van der Waals surface area contributed by atoms with Crippen molar-refractivity contribution >= 4 is 0 Å². The number of nitrogens with one attached hydrogen (secondary N) is 1. The molecule has 1 N–H and O–H groups in total. The first-order valence-corrected chi connectivity index (χ1v) is 7.95. The molecule has 2 heteroatoms. The number of nitrogens with zero attached hydrogens (tertiary/aromatic N) is 1. The number of aromatic nitrogens is 1. The Labute approximate surface area is 128 Å². The summed E-state index contributed by atoms with van der Waals surface area (Å²) in [7, 11) is 0. The predicted molar refractivity (Wildman–Crippen MR) is 89.5 cm³/mol. The van der Waals surface area contributed by atoms with Crippen molar-refractivity contribution in [2.75, 3.05) is 6.54 Å². The number of benzene rings is 1. The summed E-state index contributed by atoms with van der Waals surface area (Å²) in [5.74, 6) is 0. The highest BCUT2D eigenvalue weighted by Crippen LogP contribution is 2.19. The van der Waals surface area contributed by atoms with E-state index in [2.05, 4.69) is 61.4 Å². The van der Waals surface area contributed by atoms with Gasteiger partial charge in [-0.2, -0.15) is 0 Å². The first-order chi connectivity index (χ1) is 10.2. The Morgan fingerprint density at radius 2 is 1.76 bits per heavy atom. The molecule has 2 rings (SSSR count). The Balaban J connectivity index is 2.15. The zero-order valence-corrected chi connectivity index (χ0v) is 13.4. The minimum atomic E-state index is 0.338. The normalized spacial score (nSPS) is 12.3. The fourth-order valence-electron chi connectivity index (χ4n) is 2.54. The van der Waals surface area contributed by atoms with E-state index in [1.165, 1.54) is 22.3 Å². The van der Waals surface area contributed by atoms with E-state index < -0.39 is 0 Å². The number of hydrogen-bond donors (Lipinski definition) is 1. The second kappa shape index (κ2) is 7.94. The van der Waals surface area contributed by atoms with E-state index in [-0.39, 0.29) is 0 Å². The molecule has 0 fully saturated rings. The Kier molecular flexibility index (Phi) is 5.94. The van der Waals surface area contributed by atoms with E-state index in [0.29, 0.717) is 6.04 Å². The van der Waals surface area contributed by atoms with Gasteiger partial charge in [0, 0.05) is 18.4 Å². The molecule has 0 bridgehead atoms. The Bertz CT molecular complexity index is 546. The van der Waals surface area contributed by atoms with Crippen LogP contribution in [0, 0.1) is 6.92 Å². The summed E-state index contributed by atoms with van der Waals surface area (Å²) in [5, 5.41) is 3.65. The first kappa shape index (κ1) is 15.7. The molecule has 0 spiro atoms. The van der Waals surface area contributed by atoms with Gasteiger partial charge in [-0.1, -0.05) is 44.2 Å². The van der Waals surface area contributed by atoms with Crippen LogP contribution in [0.1, 0.15) is 48.6 Å². The molecule has 1 heterocycles. The lowest BCUT2D eigenvalue weighted by molar-refractivity contribution is 0.527. The van der Waals surface area contributed by atoms with Crippen LogP contribution in [0.3, 0.4) is 0 Å². The summed E-state index contributed by atoms with van der Waals surface area (Å²) >= 11 is 0. The molecule has 0 aliphatic heterocycles. The summed E-state index contributed by atoms with van der Waals surface area (Å²) in [4.78, 5) is 4.34. The van der Waals surface area contributed by atoms with E-state index in [0.717, 1.165) is 25.8 Å². The van der Waals surface area contributed by atoms with Gasteiger partial charge in [0.1, 0.15) is 0 Å². The first-order valence-electron chi connectivity index (χ1n) is 7.95. The Morgan fingerprint density at radius 1 is 1.05 bits per heavy atom. The van der Waals surface area contributed by atoms with Gasteiger partial charge in [-0.25, -0.2) is 0 Å². The fourth-order valence-corrected chi connectivity index (χ4v) is 2.54. The highest BCUT2D eigenvalue weighted by atomic mass is 14.9. The fraction of sp³-hybridized carbons (Fsp3) is 0.421. The lowest BCUT2D eigenvalue weighted by Crippen LogP contribution is -2.24. The van der Waals surface area contributed by atoms with Crippen molar-refractivity contribution in [3.05, 3.63) is 65.0 Å². The molecule has 2 nitrogen and oxygen atoms in total. The van der Waals surface area contributed by atoms with Crippen molar-refractivity contribution in [3.63, 3.8) is 0 Å². The molecule has 0 saturated carbocycles. The largest absolute Gasteiger partial charge is 0.310 e. The molecule has 0 aliphatic rings. The van der Waals surface area contributed by atoms with Crippen LogP contribution < -0.4 is 5.32 Å². The quantitative estimate of drug-likeness (QED) is 0.821. The third kappa shape index (κ3) is 4.68. The van der Waals surface area contributed by atoms with Crippen LogP contribution in [0.25, 0.3) is 0 Å². The standard InChI is InChI=1S/C19H26N2/c1-4-10-21-19(18-11-15(3)13-20-14-18)12-17-8-6-16(5-2)7-9-17/h6-9,11,13-14,19,21H,4-5,10,12H2,1-3H3. The van der Waals surface area contributed by atoms with E-state index >= 15 is 0 Å². The highest BCUT2D eigenvalue weighted by Gasteiger charge is 2.12. The third-order valence-electron chi connectivity index (χ3n) is 3.81. The van der Waals surface area contributed by atoms with Crippen LogP contribution in [0.5, 0.6) is 0 Å². The van der Waals surface area contributed by atoms with E-state index in [1.807, 2.05) is 12.4 Å². The van der Waals surface area contributed by atoms with Crippen molar-refractivity contribution in [1.29, 1.82) is 0 Å². The highest BCUT2D eigenvalue weighted by molar-refractivity contribution is 5.26. The summed E-state index contributed by atoms with van der Waals surface area (Å²) in [6.45, 7) is 7.53. The topological polar surface area (TPSA) is 24.9 Å². The van der Waals surface area contributed by atoms with E-state index in [4.69, 9.17) is 0 Å². The van der Waals surface area contributed by atoms with Crippen LogP contribution in [0.2, 0.25) is 0 Å². The zero-order valence-electron chi connectivity index (χ0n) is 13.4. The maximum atomic E-state index is 4.34. The molecule has 21 heavy (non-hydrogen) atoms. The molecule has 1 unspecified atom stereocenters. The molecule has 1 aromatic carbocycles. The minimum absolute atomic E-state index is 0.338. The molecule has 0 amide bonds. The predicted octanol–water partition coefficient (Wildman–Crippen LogP) is 4.24. The minimum Gasteiger partial charge on any atom is -0.310 e. The summed E-state index contributed by atoms with van der Waals surface area (Å²) in [6, 6.07) is 11.6. The van der Waals surface area contributed by atoms with Crippen molar-refractivity contribution in [1.82, 2.24) is 10.3 Å². The van der Waals surface area contributed by atoms with Gasteiger partial charge in [0.15, 0.2) is 0 Å². The molecule has 0 aliphatic carbocycles. The Hall–Kier alpha value is -1.67. The SMILES string of the molecule is CCCNC(Cc1ccc(CC)cc1)c1cncc(C)c1. The number of pyridine rings is 1. The van der Waals surface area contributed by atoms with Crippen molar-refractivity contribution in [2.24, 2.45) is 0 Å². The van der Waals surface area contributed by atoms with Crippen LogP contribution in [-0.2, 0) is 12.8 Å². The Morgan fingerprint density at radius 3 is 2.38 bits per heavy atom. The van der Waals surface area contributed by atoms with Crippen molar-refractivity contribution in [2.45, 2.75) is 46.1 Å². The molecule has 2 aromatic rings. The van der Waals surface area contributed by atoms with Gasteiger partial charge < -0.3 is 5.32 Å². The van der Waals surface area contributed by atoms with Crippen LogP contribution in [0.4, 0.5) is 0 Å². The molecule has 1 atom stereocenters. The number of rotatable bonds is 7. The van der Waals surface area contributed by atoms with Gasteiger partial charge in [-0.05, 0) is 55.0 Å². The van der Waals surface area contributed by atoms with Gasteiger partial charge in [0.05, 0.1) is 0 Å². The van der Waals surface area contributed by atoms with Crippen LogP contribution in [-0.4, -0.2) is 11.5 Å². The van der Waals surface area contributed by atoms with Crippen LogP contribution >= 0.6 is 0 Å². The smallest absolute Gasteiger partial charge is 0.0376 e. The molecular weight excluding hydrogens is 256 g/mol. The summed E-state index contributed by atoms with van der Waals surface area (Å²) in [6.07, 6.45) is 7.15.